The van der Waals surface area contributed by atoms with E-state index in [4.69, 9.17) is 18.9 Å². The number of hydrogen-bond acceptors (Lipinski definition) is 10. The van der Waals surface area contributed by atoms with Crippen LogP contribution in [0.4, 0.5) is 0 Å². The molecule has 0 saturated carbocycles. The van der Waals surface area contributed by atoms with E-state index in [1.54, 1.807) is 66.7 Å². The average molecular weight is 613 g/mol. The molecule has 0 radical (unpaired) electrons. The smallest absolute Gasteiger partial charge is 0.338 e. The summed E-state index contributed by atoms with van der Waals surface area (Å²) < 4.78 is 23.8. The second-order valence-corrected chi connectivity index (χ2v) is 10.2. The van der Waals surface area contributed by atoms with Crippen molar-refractivity contribution in [2.24, 2.45) is 0 Å². The molecule has 12 nitrogen and oxygen atoms in total. The Morgan fingerprint density at radius 2 is 1.22 bits per heavy atom. The molecule has 4 atom stereocenters. The van der Waals surface area contributed by atoms with Crippen LogP contribution in [0.1, 0.15) is 49.9 Å². The number of rotatable bonds is 10. The number of H-pyrrole nitrogens is 1. The Hall–Kier alpha value is -5.62. The van der Waals surface area contributed by atoms with E-state index in [2.05, 4.69) is 4.98 Å². The van der Waals surface area contributed by atoms with E-state index in [0.717, 1.165) is 6.07 Å². The van der Waals surface area contributed by atoms with Crippen LogP contribution >= 0.6 is 0 Å². The van der Waals surface area contributed by atoms with Gasteiger partial charge >= 0.3 is 23.6 Å². The number of ketones is 1. The lowest BCUT2D eigenvalue weighted by Gasteiger charge is -2.25. The third kappa shape index (κ3) is 7.31. The van der Waals surface area contributed by atoms with Crippen LogP contribution in [0.25, 0.3) is 0 Å². The van der Waals surface area contributed by atoms with Gasteiger partial charge < -0.3 is 23.9 Å². The standard InChI is InChI=1S/C33H28N2O10/c1-20(36)17-24-18-26(37)35(33(41)34-24)29-28(45-32(40)23-15-9-4-10-16-23)27(44-31(39)22-13-7-3-8-14-22)25(43-29)19-42-30(38)21-11-5-2-6-12-21/h2-16,18,25,27-29H,17,19H2,1H3,(H,34,41)/t25-,27+,28-,29-/m0/s1. The number of aromatic amines is 1. The molecule has 1 saturated heterocycles. The van der Waals surface area contributed by atoms with Crippen LogP contribution in [0.3, 0.4) is 0 Å². The summed E-state index contributed by atoms with van der Waals surface area (Å²) in [6, 6.07) is 25.0. The monoisotopic (exact) mass is 612 g/mol. The summed E-state index contributed by atoms with van der Waals surface area (Å²) >= 11 is 0. The molecule has 230 valence electrons. The second-order valence-electron chi connectivity index (χ2n) is 10.2. The van der Waals surface area contributed by atoms with E-state index in [-0.39, 0.29) is 34.6 Å². The van der Waals surface area contributed by atoms with Crippen molar-refractivity contribution < 1.29 is 38.1 Å². The predicted octanol–water partition coefficient (Wildman–Crippen LogP) is 2.87. The lowest BCUT2D eigenvalue weighted by molar-refractivity contribution is -0.116. The van der Waals surface area contributed by atoms with Gasteiger partial charge in [-0.2, -0.15) is 0 Å². The van der Waals surface area contributed by atoms with Crippen LogP contribution in [0.2, 0.25) is 0 Å². The number of Topliss-reactive ketones (excluding diaryl/α,β-unsaturated/α-hetero) is 1. The zero-order chi connectivity index (χ0) is 31.9. The van der Waals surface area contributed by atoms with E-state index >= 15 is 0 Å². The van der Waals surface area contributed by atoms with Crippen molar-refractivity contribution in [3.05, 3.63) is 140 Å². The third-order valence-corrected chi connectivity index (χ3v) is 6.89. The molecule has 1 aliphatic rings. The van der Waals surface area contributed by atoms with Crippen molar-refractivity contribution >= 4 is 23.7 Å². The van der Waals surface area contributed by atoms with Gasteiger partial charge in [-0.3, -0.25) is 9.59 Å². The maximum absolute atomic E-state index is 13.3. The first-order valence-electron chi connectivity index (χ1n) is 13.9. The number of nitrogens with one attached hydrogen (secondary N) is 1. The molecule has 0 spiro atoms. The number of carbonyl (C=O) groups is 4. The summed E-state index contributed by atoms with van der Waals surface area (Å²) in [6.07, 6.45) is -6.09. The zero-order valence-electron chi connectivity index (χ0n) is 24.0. The van der Waals surface area contributed by atoms with E-state index in [1.807, 2.05) is 0 Å². The first kappa shape index (κ1) is 30.8. The topological polar surface area (TPSA) is 160 Å². The number of aromatic nitrogens is 2. The van der Waals surface area contributed by atoms with Crippen molar-refractivity contribution in [2.45, 2.75) is 37.9 Å². The first-order valence-corrected chi connectivity index (χ1v) is 13.9. The number of esters is 3. The molecule has 0 unspecified atom stereocenters. The van der Waals surface area contributed by atoms with Crippen LogP contribution in [0.5, 0.6) is 0 Å². The average Bonchev–Trinajstić information content (AvgIpc) is 3.35. The van der Waals surface area contributed by atoms with Gasteiger partial charge in [-0.15, -0.1) is 0 Å². The third-order valence-electron chi connectivity index (χ3n) is 6.89. The summed E-state index contributed by atoms with van der Waals surface area (Å²) in [5, 5.41) is 0. The highest BCUT2D eigenvalue weighted by Gasteiger charge is 2.52. The summed E-state index contributed by atoms with van der Waals surface area (Å²) in [4.78, 5) is 79.8. The van der Waals surface area contributed by atoms with Gasteiger partial charge in [0.05, 0.1) is 16.7 Å². The summed E-state index contributed by atoms with van der Waals surface area (Å²) in [5.74, 6) is -2.67. The second kappa shape index (κ2) is 13.8. The fraction of sp³-hybridized carbons (Fsp3) is 0.212. The van der Waals surface area contributed by atoms with E-state index in [0.29, 0.717) is 4.57 Å². The Morgan fingerprint density at radius 1 is 0.733 bits per heavy atom. The molecule has 1 N–H and O–H groups in total. The van der Waals surface area contributed by atoms with Crippen molar-refractivity contribution in [1.82, 2.24) is 9.55 Å². The highest BCUT2D eigenvalue weighted by atomic mass is 16.7. The number of ether oxygens (including phenoxy) is 4. The molecule has 0 bridgehead atoms. The molecule has 3 aromatic carbocycles. The minimum absolute atomic E-state index is 0.0740. The fourth-order valence-corrected chi connectivity index (χ4v) is 4.82. The molecular weight excluding hydrogens is 584 g/mol. The Balaban J connectivity index is 1.54. The highest BCUT2D eigenvalue weighted by Crippen LogP contribution is 2.34. The lowest BCUT2D eigenvalue weighted by Crippen LogP contribution is -2.46. The van der Waals surface area contributed by atoms with Crippen molar-refractivity contribution in [3.8, 4) is 0 Å². The number of hydrogen-bond donors (Lipinski definition) is 1. The van der Waals surface area contributed by atoms with E-state index < -0.39 is 60.3 Å². The summed E-state index contributed by atoms with van der Waals surface area (Å²) in [5.41, 5.74) is -1.20. The molecule has 5 rings (SSSR count). The lowest BCUT2D eigenvalue weighted by atomic mass is 10.1. The normalized spacial score (nSPS) is 19.0. The fourth-order valence-electron chi connectivity index (χ4n) is 4.82. The van der Waals surface area contributed by atoms with Crippen LogP contribution in [-0.4, -0.2) is 58.2 Å². The van der Waals surface area contributed by atoms with E-state index in [1.165, 1.54) is 31.2 Å². The highest BCUT2D eigenvalue weighted by molar-refractivity contribution is 5.91. The largest absolute Gasteiger partial charge is 0.459 e. The first-order chi connectivity index (χ1) is 21.7. The maximum atomic E-state index is 13.3. The zero-order valence-corrected chi connectivity index (χ0v) is 24.0. The quantitative estimate of drug-likeness (QED) is 0.208. The molecule has 12 heteroatoms. The van der Waals surface area contributed by atoms with Gasteiger partial charge in [0.1, 0.15) is 18.5 Å². The maximum Gasteiger partial charge on any atom is 0.338 e. The number of nitrogens with zero attached hydrogens (tertiary/aromatic N) is 1. The van der Waals surface area contributed by atoms with Crippen LogP contribution in [-0.2, 0) is 30.2 Å². The van der Waals surface area contributed by atoms with Gasteiger partial charge in [-0.05, 0) is 43.3 Å². The molecule has 2 heterocycles. The Labute approximate surface area is 256 Å². The van der Waals surface area contributed by atoms with Gasteiger partial charge in [0.15, 0.2) is 18.4 Å². The molecule has 1 aromatic heterocycles. The van der Waals surface area contributed by atoms with E-state index in [9.17, 15) is 28.8 Å². The van der Waals surface area contributed by atoms with Gasteiger partial charge in [0, 0.05) is 18.2 Å². The summed E-state index contributed by atoms with van der Waals surface area (Å²) in [6.45, 7) is 0.807. The Kier molecular flexibility index (Phi) is 9.44. The van der Waals surface area contributed by atoms with Gasteiger partial charge in [-0.25, -0.2) is 23.7 Å². The molecule has 4 aromatic rings. The Morgan fingerprint density at radius 3 is 1.71 bits per heavy atom. The predicted molar refractivity (Wildman–Crippen MR) is 158 cm³/mol. The van der Waals surface area contributed by atoms with Crippen LogP contribution in [0, 0.1) is 0 Å². The van der Waals surface area contributed by atoms with Gasteiger partial charge in [0.2, 0.25) is 0 Å². The Bertz CT molecular complexity index is 1770. The molecule has 45 heavy (non-hydrogen) atoms. The van der Waals surface area contributed by atoms with Crippen molar-refractivity contribution in [1.29, 1.82) is 0 Å². The minimum atomic E-state index is -1.62. The SMILES string of the molecule is CC(=O)Cc1cc(=O)n([C@H]2O[C@@H](COC(=O)c3ccccc3)[C@@H](OC(=O)c3ccccc3)[C@@H]2OC(=O)c2ccccc2)c(=O)[nH]1. The molecule has 1 aliphatic heterocycles. The molecule has 0 aliphatic carbocycles. The number of benzene rings is 3. The van der Waals surface area contributed by atoms with Gasteiger partial charge in [-0.1, -0.05) is 54.6 Å². The van der Waals surface area contributed by atoms with Crippen molar-refractivity contribution in [2.75, 3.05) is 6.61 Å². The summed E-state index contributed by atoms with van der Waals surface area (Å²) in [7, 11) is 0. The molecule has 1 fully saturated rings. The van der Waals surface area contributed by atoms with Crippen LogP contribution in [0.15, 0.2) is 107 Å². The van der Waals surface area contributed by atoms with Crippen LogP contribution < -0.4 is 11.2 Å². The molecular formula is C33H28N2O10. The van der Waals surface area contributed by atoms with Gasteiger partial charge in [0.25, 0.3) is 5.56 Å². The van der Waals surface area contributed by atoms with Crippen molar-refractivity contribution in [3.63, 3.8) is 0 Å². The number of carbonyl (C=O) groups excluding carboxylic acids is 4. The molecule has 0 amide bonds. The minimum Gasteiger partial charge on any atom is -0.459 e.